The molecule has 0 heterocycles. The summed E-state index contributed by atoms with van der Waals surface area (Å²) in [4.78, 5) is 0. The summed E-state index contributed by atoms with van der Waals surface area (Å²) >= 11 is 0. The number of benzene rings is 1. The first kappa shape index (κ1) is 10.7. The number of aliphatic hydroxyl groups is 1. The minimum absolute atomic E-state index is 0.639. The van der Waals surface area contributed by atoms with Gasteiger partial charge < -0.3 is 5.11 Å². The summed E-state index contributed by atoms with van der Waals surface area (Å²) in [6.07, 6.45) is 6.76. The summed E-state index contributed by atoms with van der Waals surface area (Å²) in [6.45, 7) is 1.97. The molecule has 1 saturated carbocycles. The molecule has 0 amide bonds. The third kappa shape index (κ3) is 1.32. The summed E-state index contributed by atoms with van der Waals surface area (Å²) in [7, 11) is 0. The minimum atomic E-state index is -1.45. The van der Waals surface area contributed by atoms with Crippen LogP contribution in [0.2, 0.25) is 0 Å². The maximum atomic E-state index is 10.5. The van der Waals surface area contributed by atoms with Gasteiger partial charge >= 0.3 is 0 Å². The number of nitrogens with zero attached hydrogens (tertiary/aromatic N) is 1. The molecule has 0 bridgehead atoms. The van der Waals surface area contributed by atoms with E-state index in [1.54, 1.807) is 12.1 Å². The molecule has 2 rings (SSSR count). The van der Waals surface area contributed by atoms with Crippen molar-refractivity contribution in [2.45, 2.75) is 25.4 Å². The quantitative estimate of drug-likeness (QED) is 0.761. The standard InChI is InChI=1S/C14H13NO/c1-3-14(16,13(10-15)8-9-13)12-6-4-11(2)5-7-12/h1,4-7,16H,8-9H2,2H3/t14-/m1/s1. The van der Waals surface area contributed by atoms with Crippen LogP contribution in [0.3, 0.4) is 0 Å². The Morgan fingerprint density at radius 1 is 1.38 bits per heavy atom. The fourth-order valence-electron chi connectivity index (χ4n) is 1.97. The maximum absolute atomic E-state index is 10.5. The number of hydrogen-bond acceptors (Lipinski definition) is 2. The first-order valence-corrected chi connectivity index (χ1v) is 5.26. The predicted octanol–water partition coefficient (Wildman–Crippen LogP) is 2.12. The monoisotopic (exact) mass is 211 g/mol. The lowest BCUT2D eigenvalue weighted by Crippen LogP contribution is -2.34. The number of aryl methyl sites for hydroxylation is 1. The van der Waals surface area contributed by atoms with Crippen LogP contribution in [0.25, 0.3) is 0 Å². The third-order valence-electron chi connectivity index (χ3n) is 3.33. The van der Waals surface area contributed by atoms with Gasteiger partial charge in [0.1, 0.15) is 5.41 Å². The third-order valence-corrected chi connectivity index (χ3v) is 3.33. The van der Waals surface area contributed by atoms with Crippen LogP contribution in [0.4, 0.5) is 0 Å². The minimum Gasteiger partial charge on any atom is -0.372 e. The second kappa shape index (κ2) is 3.37. The van der Waals surface area contributed by atoms with Crippen LogP contribution in [-0.2, 0) is 5.60 Å². The lowest BCUT2D eigenvalue weighted by atomic mass is 9.80. The Balaban J connectivity index is 2.48. The fourth-order valence-corrected chi connectivity index (χ4v) is 1.97. The lowest BCUT2D eigenvalue weighted by molar-refractivity contribution is 0.0458. The Morgan fingerprint density at radius 3 is 2.31 bits per heavy atom. The van der Waals surface area contributed by atoms with Gasteiger partial charge in [0.05, 0.1) is 6.07 Å². The van der Waals surface area contributed by atoms with E-state index in [0.29, 0.717) is 18.4 Å². The maximum Gasteiger partial charge on any atom is 0.169 e. The predicted molar refractivity (Wildman–Crippen MR) is 61.2 cm³/mol. The summed E-state index contributed by atoms with van der Waals surface area (Å²) < 4.78 is 0. The van der Waals surface area contributed by atoms with E-state index in [-0.39, 0.29) is 0 Å². The smallest absolute Gasteiger partial charge is 0.169 e. The van der Waals surface area contributed by atoms with Crippen LogP contribution in [0.5, 0.6) is 0 Å². The average molecular weight is 211 g/mol. The number of nitriles is 1. The topological polar surface area (TPSA) is 44.0 Å². The molecule has 0 unspecified atom stereocenters. The molecule has 0 saturated heterocycles. The van der Waals surface area contributed by atoms with Gasteiger partial charge in [-0.05, 0) is 25.3 Å². The zero-order valence-electron chi connectivity index (χ0n) is 9.20. The molecule has 2 nitrogen and oxygen atoms in total. The van der Waals surface area contributed by atoms with Crippen molar-refractivity contribution in [2.24, 2.45) is 5.41 Å². The number of terminal acetylenes is 1. The van der Waals surface area contributed by atoms with Crippen LogP contribution in [0, 0.1) is 36.0 Å². The van der Waals surface area contributed by atoms with Crippen LogP contribution >= 0.6 is 0 Å². The summed E-state index contributed by atoms with van der Waals surface area (Å²) in [5.74, 6) is 2.40. The van der Waals surface area contributed by atoms with Crippen LogP contribution in [-0.4, -0.2) is 5.11 Å². The molecule has 16 heavy (non-hydrogen) atoms. The SMILES string of the molecule is C#C[C@@](O)(c1ccc(C)cc1)C1(C#N)CC1. The molecule has 80 valence electrons. The van der Waals surface area contributed by atoms with Gasteiger partial charge in [0, 0.05) is 0 Å². The van der Waals surface area contributed by atoms with E-state index in [0.717, 1.165) is 5.56 Å². The molecule has 1 N–H and O–H groups in total. The van der Waals surface area contributed by atoms with E-state index >= 15 is 0 Å². The van der Waals surface area contributed by atoms with Gasteiger partial charge in [-0.2, -0.15) is 5.26 Å². The van der Waals surface area contributed by atoms with E-state index in [2.05, 4.69) is 12.0 Å². The van der Waals surface area contributed by atoms with Crippen LogP contribution in [0.1, 0.15) is 24.0 Å². The Morgan fingerprint density at radius 2 is 1.94 bits per heavy atom. The Kier molecular flexibility index (Phi) is 2.26. The molecule has 0 aromatic heterocycles. The molecule has 0 radical (unpaired) electrons. The molecule has 1 aliphatic carbocycles. The van der Waals surface area contributed by atoms with Gasteiger partial charge in [0.25, 0.3) is 0 Å². The molecule has 0 aliphatic heterocycles. The fraction of sp³-hybridized carbons (Fsp3) is 0.357. The van der Waals surface area contributed by atoms with E-state index in [9.17, 15) is 5.11 Å². The van der Waals surface area contributed by atoms with E-state index in [4.69, 9.17) is 11.7 Å². The van der Waals surface area contributed by atoms with E-state index in [1.807, 2.05) is 19.1 Å². The summed E-state index contributed by atoms with van der Waals surface area (Å²) in [5, 5.41) is 19.6. The highest BCUT2D eigenvalue weighted by atomic mass is 16.3. The highest BCUT2D eigenvalue weighted by Crippen LogP contribution is 2.57. The molecule has 2 heteroatoms. The molecular weight excluding hydrogens is 198 g/mol. The van der Waals surface area contributed by atoms with Gasteiger partial charge in [-0.15, -0.1) is 6.42 Å². The van der Waals surface area contributed by atoms with Crippen molar-refractivity contribution >= 4 is 0 Å². The van der Waals surface area contributed by atoms with Crippen LogP contribution < -0.4 is 0 Å². The van der Waals surface area contributed by atoms with E-state index < -0.39 is 11.0 Å². The first-order chi connectivity index (χ1) is 7.58. The average Bonchev–Trinajstić information content (AvgIpc) is 3.10. The second-order valence-electron chi connectivity index (χ2n) is 4.41. The largest absolute Gasteiger partial charge is 0.372 e. The molecule has 1 aromatic carbocycles. The van der Waals surface area contributed by atoms with Crippen molar-refractivity contribution in [1.29, 1.82) is 5.26 Å². The first-order valence-electron chi connectivity index (χ1n) is 5.26. The molecular formula is C14H13NO. The normalized spacial score (nSPS) is 20.2. The molecule has 1 fully saturated rings. The molecule has 1 aromatic rings. The molecule has 1 aliphatic rings. The summed E-state index contributed by atoms with van der Waals surface area (Å²) in [5.41, 5.74) is -0.489. The Bertz CT molecular complexity index is 485. The zero-order chi connectivity index (χ0) is 11.8. The lowest BCUT2D eigenvalue weighted by Gasteiger charge is -2.27. The van der Waals surface area contributed by atoms with Crippen molar-refractivity contribution in [3.05, 3.63) is 35.4 Å². The zero-order valence-corrected chi connectivity index (χ0v) is 9.20. The van der Waals surface area contributed by atoms with Crippen molar-refractivity contribution in [1.82, 2.24) is 0 Å². The van der Waals surface area contributed by atoms with Gasteiger partial charge in [-0.3, -0.25) is 0 Å². The van der Waals surface area contributed by atoms with Gasteiger partial charge in [-0.25, -0.2) is 0 Å². The van der Waals surface area contributed by atoms with Crippen molar-refractivity contribution < 1.29 is 5.11 Å². The number of rotatable bonds is 2. The van der Waals surface area contributed by atoms with Crippen molar-refractivity contribution in [3.63, 3.8) is 0 Å². The van der Waals surface area contributed by atoms with Crippen molar-refractivity contribution in [2.75, 3.05) is 0 Å². The van der Waals surface area contributed by atoms with Gasteiger partial charge in [-0.1, -0.05) is 35.7 Å². The highest BCUT2D eigenvalue weighted by Gasteiger charge is 2.60. The highest BCUT2D eigenvalue weighted by molar-refractivity contribution is 5.41. The van der Waals surface area contributed by atoms with E-state index in [1.165, 1.54) is 0 Å². The molecule has 1 atom stereocenters. The van der Waals surface area contributed by atoms with Crippen molar-refractivity contribution in [3.8, 4) is 18.4 Å². The Labute approximate surface area is 95.5 Å². The number of hydrogen-bond donors (Lipinski definition) is 1. The molecule has 0 spiro atoms. The Hall–Kier alpha value is -1.77. The van der Waals surface area contributed by atoms with Crippen LogP contribution in [0.15, 0.2) is 24.3 Å². The summed E-state index contributed by atoms with van der Waals surface area (Å²) in [6, 6.07) is 9.55. The van der Waals surface area contributed by atoms with Gasteiger partial charge in [0.15, 0.2) is 5.60 Å². The second-order valence-corrected chi connectivity index (χ2v) is 4.41. The van der Waals surface area contributed by atoms with Gasteiger partial charge in [0.2, 0.25) is 0 Å².